The minimum absolute atomic E-state index is 0.605. The summed E-state index contributed by atoms with van der Waals surface area (Å²) in [7, 11) is 0.605. The molecule has 0 aromatic carbocycles. The third kappa shape index (κ3) is 3.08. The van der Waals surface area contributed by atoms with Gasteiger partial charge in [-0.3, -0.25) is 0 Å². The van der Waals surface area contributed by atoms with Gasteiger partial charge in [0.25, 0.3) is 6.43 Å². The Bertz CT molecular complexity index is 201. The van der Waals surface area contributed by atoms with Gasteiger partial charge in [0.05, 0.1) is 7.11 Å². The highest BCUT2D eigenvalue weighted by Crippen LogP contribution is 2.35. The van der Waals surface area contributed by atoms with Crippen molar-refractivity contribution in [3.05, 3.63) is 0 Å². The van der Waals surface area contributed by atoms with Crippen LogP contribution in [0.3, 0.4) is 0 Å². The molecule has 0 aliphatic carbocycles. The van der Waals surface area contributed by atoms with Crippen molar-refractivity contribution in [1.29, 1.82) is 0 Å². The van der Waals surface area contributed by atoms with Gasteiger partial charge in [0, 0.05) is 0 Å². The molecule has 0 aromatic rings. The lowest BCUT2D eigenvalue weighted by Gasteiger charge is -2.20. The molecule has 0 aliphatic heterocycles. The lowest BCUT2D eigenvalue weighted by Crippen LogP contribution is -2.41. The van der Waals surface area contributed by atoms with Gasteiger partial charge in [0.15, 0.2) is 5.92 Å². The maximum Gasteiger partial charge on any atom is 0.400 e. The van der Waals surface area contributed by atoms with Gasteiger partial charge in [0.1, 0.15) is 0 Å². The second kappa shape index (κ2) is 4.52. The Labute approximate surface area is 74.8 Å². The summed E-state index contributed by atoms with van der Waals surface area (Å²) in [6.45, 7) is 0. The summed E-state index contributed by atoms with van der Waals surface area (Å²) in [5.41, 5.74) is 0. The fourth-order valence-corrected chi connectivity index (χ4v) is 0.696. The Balaban J connectivity index is 4.76. The summed E-state index contributed by atoms with van der Waals surface area (Å²) >= 11 is 0. The largest absolute Gasteiger partial charge is 0.467 e. The molecule has 0 fully saturated rings. The van der Waals surface area contributed by atoms with Crippen LogP contribution in [0.4, 0.5) is 26.3 Å². The second-order valence-electron chi connectivity index (χ2n) is 2.33. The van der Waals surface area contributed by atoms with Gasteiger partial charge < -0.3 is 4.74 Å². The number of carbonyl (C=O) groups is 1. The molecule has 0 spiro atoms. The van der Waals surface area contributed by atoms with Crippen molar-refractivity contribution in [2.24, 2.45) is 5.92 Å². The Hall–Kier alpha value is -0.950. The maximum atomic E-state index is 12.5. The molecule has 0 radical (unpaired) electrons. The van der Waals surface area contributed by atoms with E-state index < -0.39 is 30.7 Å². The number of hydrogen-bond acceptors (Lipinski definition) is 2. The molecule has 2 nitrogen and oxygen atoms in total. The fourth-order valence-electron chi connectivity index (χ4n) is 0.696. The molecule has 8 heteroatoms. The normalized spacial score (nSPS) is 16.6. The van der Waals surface area contributed by atoms with Crippen LogP contribution in [0.25, 0.3) is 0 Å². The molecule has 0 heterocycles. The average Bonchev–Trinajstić information content (AvgIpc) is 1.99. The van der Waals surface area contributed by atoms with E-state index >= 15 is 0 Å². The molecule has 0 N–H and O–H groups in total. The van der Waals surface area contributed by atoms with Crippen LogP contribution >= 0.6 is 0 Å². The van der Waals surface area contributed by atoms with Gasteiger partial charge in [-0.1, -0.05) is 0 Å². The van der Waals surface area contributed by atoms with Crippen LogP contribution < -0.4 is 0 Å². The zero-order valence-electron chi connectivity index (χ0n) is 6.82. The molecule has 0 amide bonds. The zero-order chi connectivity index (χ0) is 11.5. The van der Waals surface area contributed by atoms with Crippen LogP contribution in [0.15, 0.2) is 0 Å². The first-order valence-corrected chi connectivity index (χ1v) is 3.28. The summed E-state index contributed by atoms with van der Waals surface area (Å²) in [4.78, 5) is 10.3. The topological polar surface area (TPSA) is 26.3 Å². The lowest BCUT2D eigenvalue weighted by atomic mass is 10.0. The molecule has 14 heavy (non-hydrogen) atoms. The monoisotopic (exact) mass is 224 g/mol. The van der Waals surface area contributed by atoms with Crippen LogP contribution in [0.1, 0.15) is 0 Å². The predicted molar refractivity (Wildman–Crippen MR) is 32.5 cm³/mol. The van der Waals surface area contributed by atoms with E-state index in [0.29, 0.717) is 7.11 Å². The minimum Gasteiger partial charge on any atom is -0.467 e. The third-order valence-corrected chi connectivity index (χ3v) is 1.39. The van der Waals surface area contributed by atoms with E-state index in [1.54, 1.807) is 0 Å². The number of esters is 1. The molecule has 0 rings (SSSR count). The van der Waals surface area contributed by atoms with Crippen molar-refractivity contribution < 1.29 is 35.9 Å². The molecule has 0 aliphatic rings. The zero-order valence-corrected chi connectivity index (χ0v) is 6.82. The third-order valence-electron chi connectivity index (χ3n) is 1.39. The summed E-state index contributed by atoms with van der Waals surface area (Å²) in [6, 6.07) is 0. The van der Waals surface area contributed by atoms with Crippen molar-refractivity contribution in [3.8, 4) is 0 Å². The lowest BCUT2D eigenvalue weighted by molar-refractivity contribution is -0.227. The smallest absolute Gasteiger partial charge is 0.400 e. The molecule has 0 saturated carbocycles. The molecule has 0 saturated heterocycles. The number of methoxy groups -OCH3 is 1. The van der Waals surface area contributed by atoms with Crippen molar-refractivity contribution in [1.82, 2.24) is 0 Å². The summed E-state index contributed by atoms with van der Waals surface area (Å²) in [6.07, 6.45) is -12.9. The van der Waals surface area contributed by atoms with Crippen LogP contribution in [-0.4, -0.2) is 31.9 Å². The van der Waals surface area contributed by atoms with Crippen molar-refractivity contribution in [3.63, 3.8) is 0 Å². The maximum absolute atomic E-state index is 12.5. The first kappa shape index (κ1) is 13.0. The predicted octanol–water partition coefficient (Wildman–Crippen LogP) is 1.94. The van der Waals surface area contributed by atoms with Crippen LogP contribution in [0, 0.1) is 5.92 Å². The number of hydrogen-bond donors (Lipinski definition) is 0. The summed E-state index contributed by atoms with van der Waals surface area (Å²) in [5, 5.41) is 0. The van der Waals surface area contributed by atoms with Gasteiger partial charge in [-0.25, -0.2) is 18.0 Å². The highest BCUT2D eigenvalue weighted by atomic mass is 19.4. The van der Waals surface area contributed by atoms with Crippen molar-refractivity contribution >= 4 is 5.97 Å². The highest BCUT2D eigenvalue weighted by Gasteiger charge is 2.54. The summed E-state index contributed by atoms with van der Waals surface area (Å²) in [5.74, 6) is -5.61. The number of rotatable bonds is 3. The minimum atomic E-state index is -5.48. The van der Waals surface area contributed by atoms with E-state index in [1.165, 1.54) is 0 Å². The Morgan fingerprint density at radius 1 is 1.21 bits per heavy atom. The van der Waals surface area contributed by atoms with Crippen LogP contribution in [-0.2, 0) is 9.53 Å². The van der Waals surface area contributed by atoms with E-state index in [-0.39, 0.29) is 0 Å². The quantitative estimate of drug-likeness (QED) is 0.541. The van der Waals surface area contributed by atoms with E-state index in [9.17, 15) is 31.1 Å². The Kier molecular flexibility index (Phi) is 4.21. The first-order chi connectivity index (χ1) is 6.21. The SMILES string of the molecule is COC(=O)C(F)C(C(F)F)C(F)(F)F. The van der Waals surface area contributed by atoms with E-state index in [0.717, 1.165) is 0 Å². The Morgan fingerprint density at radius 2 is 1.64 bits per heavy atom. The molecule has 0 aromatic heterocycles. The average molecular weight is 224 g/mol. The van der Waals surface area contributed by atoms with Crippen LogP contribution in [0.5, 0.6) is 0 Å². The van der Waals surface area contributed by atoms with Gasteiger partial charge in [-0.2, -0.15) is 13.2 Å². The van der Waals surface area contributed by atoms with Crippen molar-refractivity contribution in [2.45, 2.75) is 18.8 Å². The molecular weight excluding hydrogens is 218 g/mol. The number of ether oxygens (including phenoxy) is 1. The second-order valence-corrected chi connectivity index (χ2v) is 2.33. The van der Waals surface area contributed by atoms with E-state index in [1.807, 2.05) is 0 Å². The number of alkyl halides is 6. The van der Waals surface area contributed by atoms with Gasteiger partial charge >= 0.3 is 12.1 Å². The van der Waals surface area contributed by atoms with Crippen molar-refractivity contribution in [2.75, 3.05) is 7.11 Å². The molecule has 2 unspecified atom stereocenters. The molecule has 0 bridgehead atoms. The Morgan fingerprint density at radius 3 is 1.86 bits per heavy atom. The summed E-state index contributed by atoms with van der Waals surface area (Å²) < 4.78 is 75.0. The number of halogens is 6. The fraction of sp³-hybridized carbons (Fsp3) is 0.833. The van der Waals surface area contributed by atoms with Gasteiger partial charge in [-0.15, -0.1) is 0 Å². The van der Waals surface area contributed by atoms with E-state index in [2.05, 4.69) is 4.74 Å². The number of carbonyl (C=O) groups excluding carboxylic acids is 1. The first-order valence-electron chi connectivity index (χ1n) is 3.28. The van der Waals surface area contributed by atoms with Gasteiger partial charge in [-0.05, 0) is 0 Å². The molecule has 2 atom stereocenters. The van der Waals surface area contributed by atoms with E-state index in [4.69, 9.17) is 0 Å². The van der Waals surface area contributed by atoms with Crippen LogP contribution in [0.2, 0.25) is 0 Å². The standard InChI is InChI=1S/C6H6F6O2/c1-14-5(13)3(7)2(4(8)9)6(10,11)12/h2-4H,1H3. The molecular formula is C6H6F6O2. The van der Waals surface area contributed by atoms with Gasteiger partial charge in [0.2, 0.25) is 6.17 Å². The highest BCUT2D eigenvalue weighted by molar-refractivity contribution is 5.74. The molecule has 84 valence electrons.